The molecule has 0 spiro atoms. The first kappa shape index (κ1) is 13.4. The fraction of sp³-hybridized carbons (Fsp3) is 0.889. The first-order valence-corrected chi connectivity index (χ1v) is 4.68. The third-order valence-corrected chi connectivity index (χ3v) is 2.02. The van der Waals surface area contributed by atoms with Crippen LogP contribution in [0.15, 0.2) is 0 Å². The van der Waals surface area contributed by atoms with Crippen LogP contribution in [0, 0.1) is 0 Å². The van der Waals surface area contributed by atoms with Gasteiger partial charge in [0.2, 0.25) is 0 Å². The quantitative estimate of drug-likeness (QED) is 0.336. The second kappa shape index (κ2) is 6.75. The summed E-state index contributed by atoms with van der Waals surface area (Å²) in [7, 11) is 5.50. The van der Waals surface area contributed by atoms with Gasteiger partial charge in [0.25, 0.3) is 0 Å². The zero-order valence-corrected chi connectivity index (χ0v) is 9.28. The van der Waals surface area contributed by atoms with E-state index in [0.717, 1.165) is 17.6 Å². The van der Waals surface area contributed by atoms with E-state index in [1.807, 2.05) is 0 Å². The van der Waals surface area contributed by atoms with Crippen LogP contribution in [0.2, 0.25) is 0 Å². The lowest BCUT2D eigenvalue weighted by Crippen LogP contribution is -2.45. The van der Waals surface area contributed by atoms with Gasteiger partial charge in [-0.25, -0.2) is 4.79 Å². The van der Waals surface area contributed by atoms with Crippen molar-refractivity contribution in [3.63, 3.8) is 0 Å². The van der Waals surface area contributed by atoms with E-state index >= 15 is 0 Å². The number of hydrogen-bond acceptors (Lipinski definition) is 4. The van der Waals surface area contributed by atoms with Gasteiger partial charge in [-0.3, -0.25) is 0 Å². The number of quaternary nitrogens is 1. The molecular weight excluding hydrogens is 184 g/mol. The normalized spacial score (nSPS) is 11.4. The van der Waals surface area contributed by atoms with Gasteiger partial charge >= 0.3 is 5.97 Å². The monoisotopic (exact) mass is 205 g/mol. The molecule has 14 heavy (non-hydrogen) atoms. The van der Waals surface area contributed by atoms with Gasteiger partial charge in [-0.2, -0.15) is 0 Å². The summed E-state index contributed by atoms with van der Waals surface area (Å²) in [5, 5.41) is 0. The standard InChI is InChI=1S/C9H21N2O3/c1-11(2,5-4-10)6-7-14-8-9(12)13-3/h4-8,10H2,1-3H3/q+1. The Kier molecular flexibility index (Phi) is 6.44. The molecule has 0 saturated heterocycles. The highest BCUT2D eigenvalue weighted by Crippen LogP contribution is 1.94. The summed E-state index contributed by atoms with van der Waals surface area (Å²) in [6.07, 6.45) is 0. The van der Waals surface area contributed by atoms with Crippen LogP contribution in [0.25, 0.3) is 0 Å². The first-order valence-electron chi connectivity index (χ1n) is 4.68. The van der Waals surface area contributed by atoms with Crippen LogP contribution in [0.1, 0.15) is 0 Å². The summed E-state index contributed by atoms with van der Waals surface area (Å²) in [4.78, 5) is 10.7. The van der Waals surface area contributed by atoms with Crippen molar-refractivity contribution in [3.05, 3.63) is 0 Å². The van der Waals surface area contributed by atoms with Gasteiger partial charge < -0.3 is 19.7 Å². The van der Waals surface area contributed by atoms with Gasteiger partial charge in [0.1, 0.15) is 13.2 Å². The molecule has 2 N–H and O–H groups in total. The predicted molar refractivity (Wildman–Crippen MR) is 53.7 cm³/mol. The maximum atomic E-state index is 10.7. The fourth-order valence-corrected chi connectivity index (χ4v) is 0.987. The molecule has 0 bridgehead atoms. The summed E-state index contributed by atoms with van der Waals surface area (Å²) < 4.78 is 10.4. The topological polar surface area (TPSA) is 61.5 Å². The largest absolute Gasteiger partial charge is 0.467 e. The fourth-order valence-electron chi connectivity index (χ4n) is 0.987. The van der Waals surface area contributed by atoms with E-state index in [0.29, 0.717) is 13.2 Å². The van der Waals surface area contributed by atoms with E-state index in [-0.39, 0.29) is 12.6 Å². The Labute approximate surface area is 85.4 Å². The number of carbonyl (C=O) groups is 1. The molecule has 0 aromatic rings. The number of methoxy groups -OCH3 is 1. The number of likely N-dealkylation sites (N-methyl/N-ethyl adjacent to an activating group) is 1. The van der Waals surface area contributed by atoms with Crippen molar-refractivity contribution >= 4 is 5.97 Å². The maximum Gasteiger partial charge on any atom is 0.331 e. The summed E-state index contributed by atoms with van der Waals surface area (Å²) in [5.41, 5.74) is 5.46. The lowest BCUT2D eigenvalue weighted by Gasteiger charge is -2.28. The number of rotatable bonds is 7. The van der Waals surface area contributed by atoms with E-state index in [4.69, 9.17) is 10.5 Å². The summed E-state index contributed by atoms with van der Waals surface area (Å²) >= 11 is 0. The van der Waals surface area contributed by atoms with Gasteiger partial charge in [-0.1, -0.05) is 0 Å². The van der Waals surface area contributed by atoms with Gasteiger partial charge in [-0.15, -0.1) is 0 Å². The number of hydrogen-bond donors (Lipinski definition) is 1. The second-order valence-corrected chi connectivity index (χ2v) is 3.80. The Bertz CT molecular complexity index is 171. The summed E-state index contributed by atoms with van der Waals surface area (Å²) in [6, 6.07) is 0. The van der Waals surface area contributed by atoms with Gasteiger partial charge in [-0.05, 0) is 0 Å². The van der Waals surface area contributed by atoms with Crippen molar-refractivity contribution in [3.8, 4) is 0 Å². The molecule has 5 heteroatoms. The molecule has 0 aromatic heterocycles. The highest BCUT2D eigenvalue weighted by Gasteiger charge is 2.13. The average molecular weight is 205 g/mol. The van der Waals surface area contributed by atoms with Crippen LogP contribution in [-0.4, -0.2) is 64.5 Å². The molecule has 0 amide bonds. The van der Waals surface area contributed by atoms with E-state index in [1.165, 1.54) is 7.11 Å². The number of esters is 1. The summed E-state index contributed by atoms with van der Waals surface area (Å²) in [6.45, 7) is 2.97. The average Bonchev–Trinajstić information content (AvgIpc) is 2.12. The van der Waals surface area contributed by atoms with Crippen LogP contribution in [-0.2, 0) is 14.3 Å². The number of ether oxygens (including phenoxy) is 2. The van der Waals surface area contributed by atoms with Crippen molar-refractivity contribution in [1.82, 2.24) is 0 Å². The molecule has 0 aliphatic heterocycles. The van der Waals surface area contributed by atoms with E-state index in [1.54, 1.807) is 0 Å². The molecular formula is C9H21N2O3+. The molecule has 0 radical (unpaired) electrons. The van der Waals surface area contributed by atoms with E-state index < -0.39 is 0 Å². The maximum absolute atomic E-state index is 10.7. The zero-order chi connectivity index (χ0) is 11.0. The highest BCUT2D eigenvalue weighted by atomic mass is 16.6. The number of carbonyl (C=O) groups excluding carboxylic acids is 1. The molecule has 0 unspecified atom stereocenters. The van der Waals surface area contributed by atoms with E-state index in [2.05, 4.69) is 18.8 Å². The first-order chi connectivity index (χ1) is 6.52. The Morgan fingerprint density at radius 3 is 2.50 bits per heavy atom. The van der Waals surface area contributed by atoms with Crippen molar-refractivity contribution < 1.29 is 18.8 Å². The third kappa shape index (κ3) is 6.82. The third-order valence-electron chi connectivity index (χ3n) is 2.02. The Balaban J connectivity index is 3.48. The number of nitrogens with two attached hydrogens (primary N) is 1. The molecule has 0 fully saturated rings. The smallest absolute Gasteiger partial charge is 0.331 e. The van der Waals surface area contributed by atoms with Crippen molar-refractivity contribution in [2.75, 3.05) is 54.1 Å². The lowest BCUT2D eigenvalue weighted by molar-refractivity contribution is -0.889. The van der Waals surface area contributed by atoms with Gasteiger partial charge in [0.05, 0.1) is 34.4 Å². The number of nitrogens with zero attached hydrogens (tertiary/aromatic N) is 1. The Morgan fingerprint density at radius 1 is 1.36 bits per heavy atom. The molecule has 0 aliphatic rings. The van der Waals surface area contributed by atoms with Gasteiger partial charge in [0.15, 0.2) is 0 Å². The predicted octanol–water partition coefficient (Wildman–Crippen LogP) is -0.789. The van der Waals surface area contributed by atoms with Crippen molar-refractivity contribution in [2.45, 2.75) is 0 Å². The zero-order valence-electron chi connectivity index (χ0n) is 9.28. The minimum Gasteiger partial charge on any atom is -0.467 e. The Morgan fingerprint density at radius 2 is 2.00 bits per heavy atom. The molecule has 0 aliphatic carbocycles. The van der Waals surface area contributed by atoms with Crippen LogP contribution in [0.4, 0.5) is 0 Å². The molecule has 0 aromatic carbocycles. The van der Waals surface area contributed by atoms with Gasteiger partial charge in [0, 0.05) is 6.54 Å². The highest BCUT2D eigenvalue weighted by molar-refractivity contribution is 5.70. The molecule has 0 atom stereocenters. The molecule has 0 rings (SSSR count). The Hall–Kier alpha value is -0.650. The lowest BCUT2D eigenvalue weighted by atomic mass is 10.4. The van der Waals surface area contributed by atoms with Crippen LogP contribution in [0.3, 0.4) is 0 Å². The molecule has 0 heterocycles. The summed E-state index contributed by atoms with van der Waals surface area (Å²) in [5.74, 6) is -0.339. The van der Waals surface area contributed by atoms with Crippen molar-refractivity contribution in [1.29, 1.82) is 0 Å². The minimum absolute atomic E-state index is 0.0269. The molecule has 84 valence electrons. The van der Waals surface area contributed by atoms with Crippen LogP contribution in [0.5, 0.6) is 0 Å². The minimum atomic E-state index is -0.339. The van der Waals surface area contributed by atoms with Crippen LogP contribution < -0.4 is 5.73 Å². The molecule has 0 saturated carbocycles. The SMILES string of the molecule is COC(=O)COCC[N+](C)(C)CCN. The van der Waals surface area contributed by atoms with Crippen molar-refractivity contribution in [2.24, 2.45) is 5.73 Å². The molecule has 5 nitrogen and oxygen atoms in total. The van der Waals surface area contributed by atoms with Crippen LogP contribution >= 0.6 is 0 Å². The van der Waals surface area contributed by atoms with E-state index in [9.17, 15) is 4.79 Å². The second-order valence-electron chi connectivity index (χ2n) is 3.80.